The van der Waals surface area contributed by atoms with Crippen LogP contribution in [0.1, 0.15) is 31.7 Å². The number of piperazine rings is 1. The summed E-state index contributed by atoms with van der Waals surface area (Å²) in [5, 5.41) is 2.45. The molecule has 2 fully saturated rings. The zero-order valence-electron chi connectivity index (χ0n) is 20.0. The third kappa shape index (κ3) is 5.32. The number of rotatable bonds is 8. The number of esters is 1. The van der Waals surface area contributed by atoms with E-state index >= 15 is 0 Å². The number of likely N-dealkylation sites (N-methyl/N-ethyl adjacent to an activating group) is 1. The Balaban J connectivity index is 1.34. The van der Waals surface area contributed by atoms with Crippen LogP contribution < -0.4 is 5.32 Å². The highest BCUT2D eigenvalue weighted by molar-refractivity contribution is 6.03. The number of ether oxygens (including phenoxy) is 1. The van der Waals surface area contributed by atoms with Crippen molar-refractivity contribution in [3.05, 3.63) is 35.9 Å². The molecule has 10 heteroatoms. The Kier molecular flexibility index (Phi) is 7.66. The molecule has 3 amide bonds. The van der Waals surface area contributed by atoms with Crippen molar-refractivity contribution in [3.8, 4) is 0 Å². The molecule has 0 saturated carbocycles. The minimum atomic E-state index is -0.510. The highest BCUT2D eigenvalue weighted by atomic mass is 16.5. The lowest BCUT2D eigenvalue weighted by Crippen LogP contribution is -2.64. The van der Waals surface area contributed by atoms with Gasteiger partial charge in [-0.25, -0.2) is 9.79 Å². The first-order valence-electron chi connectivity index (χ1n) is 12.1. The Morgan fingerprint density at radius 3 is 2.56 bits per heavy atom. The molecule has 34 heavy (non-hydrogen) atoms. The average Bonchev–Trinajstić information content (AvgIpc) is 3.23. The number of unbranched alkanes of at least 4 members (excludes halogenated alkanes) is 2. The van der Waals surface area contributed by atoms with E-state index in [4.69, 9.17) is 9.73 Å². The van der Waals surface area contributed by atoms with Gasteiger partial charge in [0, 0.05) is 39.8 Å². The molecule has 2 unspecified atom stereocenters. The second kappa shape index (κ2) is 10.9. The Morgan fingerprint density at radius 2 is 1.85 bits per heavy atom. The molecule has 184 valence electrons. The molecule has 0 bridgehead atoms. The highest BCUT2D eigenvalue weighted by Gasteiger charge is 2.49. The number of imide groups is 1. The number of nitrogens with one attached hydrogen (secondary N) is 1. The van der Waals surface area contributed by atoms with Crippen LogP contribution in [0.4, 0.5) is 4.79 Å². The lowest BCUT2D eigenvalue weighted by atomic mass is 10.1. The van der Waals surface area contributed by atoms with E-state index in [0.29, 0.717) is 26.2 Å². The van der Waals surface area contributed by atoms with Crippen LogP contribution >= 0.6 is 0 Å². The zero-order chi connectivity index (χ0) is 24.1. The third-order valence-corrected chi connectivity index (χ3v) is 6.59. The normalized spacial score (nSPS) is 23.0. The van der Waals surface area contributed by atoms with Gasteiger partial charge in [-0.3, -0.25) is 19.8 Å². The van der Waals surface area contributed by atoms with Crippen LogP contribution in [-0.4, -0.2) is 102 Å². The van der Waals surface area contributed by atoms with Crippen LogP contribution in [0, 0.1) is 0 Å². The van der Waals surface area contributed by atoms with Gasteiger partial charge in [0.25, 0.3) is 5.91 Å². The van der Waals surface area contributed by atoms with Gasteiger partial charge in [0.1, 0.15) is 6.61 Å². The minimum absolute atomic E-state index is 0.237. The summed E-state index contributed by atoms with van der Waals surface area (Å²) in [6.45, 7) is 6.15. The molecule has 10 nitrogen and oxygen atoms in total. The molecular formula is C24H34N6O4. The number of hydrogen-bond acceptors (Lipinski definition) is 8. The Hall–Kier alpha value is -3.14. The number of aliphatic imine (C=N–C) groups is 1. The van der Waals surface area contributed by atoms with Crippen molar-refractivity contribution in [1.82, 2.24) is 24.9 Å². The fourth-order valence-corrected chi connectivity index (χ4v) is 4.62. The maximum Gasteiger partial charge on any atom is 0.325 e. The number of carbonyl (C=O) groups excluding carboxylic acids is 3. The summed E-state index contributed by atoms with van der Waals surface area (Å²) in [6, 6.07) is 8.73. The maximum atomic E-state index is 12.7. The molecule has 0 spiro atoms. The summed E-state index contributed by atoms with van der Waals surface area (Å²) >= 11 is 0. The van der Waals surface area contributed by atoms with E-state index in [1.165, 1.54) is 4.90 Å². The van der Waals surface area contributed by atoms with E-state index in [1.807, 2.05) is 30.3 Å². The molecule has 3 aliphatic heterocycles. The number of guanidine groups is 1. The lowest BCUT2D eigenvalue weighted by Gasteiger charge is -2.40. The van der Waals surface area contributed by atoms with Crippen LogP contribution in [0.2, 0.25) is 0 Å². The number of urea groups is 1. The van der Waals surface area contributed by atoms with Crippen LogP contribution in [0.3, 0.4) is 0 Å². The Morgan fingerprint density at radius 1 is 1.12 bits per heavy atom. The van der Waals surface area contributed by atoms with Crippen molar-refractivity contribution < 1.29 is 19.1 Å². The van der Waals surface area contributed by atoms with Crippen molar-refractivity contribution >= 4 is 23.9 Å². The van der Waals surface area contributed by atoms with Crippen LogP contribution in [0.5, 0.6) is 0 Å². The first kappa shape index (κ1) is 24.0. The summed E-state index contributed by atoms with van der Waals surface area (Å²) in [5.74, 6) is 0.247. The number of hydrogen-bond donors (Lipinski definition) is 1. The SMILES string of the molecule is CCCCCN1C(N2CCN(CC(=O)OCc3ccccc3)CC2)=NC2C1C(=O)NC(=O)N2C. The second-order valence-electron chi connectivity index (χ2n) is 9.00. The van der Waals surface area contributed by atoms with Gasteiger partial charge in [-0.2, -0.15) is 0 Å². The summed E-state index contributed by atoms with van der Waals surface area (Å²) in [4.78, 5) is 49.8. The van der Waals surface area contributed by atoms with E-state index in [1.54, 1.807) is 7.05 Å². The Labute approximate surface area is 200 Å². The van der Waals surface area contributed by atoms with Gasteiger partial charge in [0.05, 0.1) is 6.54 Å². The quantitative estimate of drug-likeness (QED) is 0.449. The van der Waals surface area contributed by atoms with Gasteiger partial charge in [-0.15, -0.1) is 0 Å². The monoisotopic (exact) mass is 470 g/mol. The molecule has 0 aliphatic carbocycles. The molecule has 1 N–H and O–H groups in total. The highest BCUT2D eigenvalue weighted by Crippen LogP contribution is 2.26. The summed E-state index contributed by atoms with van der Waals surface area (Å²) in [5.41, 5.74) is 0.969. The van der Waals surface area contributed by atoms with Crippen LogP contribution in [0.25, 0.3) is 0 Å². The molecule has 1 aromatic carbocycles. The lowest BCUT2D eigenvalue weighted by molar-refractivity contribution is -0.146. The van der Waals surface area contributed by atoms with E-state index in [-0.39, 0.29) is 25.0 Å². The summed E-state index contributed by atoms with van der Waals surface area (Å²) in [6.07, 6.45) is 2.59. The van der Waals surface area contributed by atoms with Crippen molar-refractivity contribution in [1.29, 1.82) is 0 Å². The molecule has 1 aromatic rings. The van der Waals surface area contributed by atoms with Gasteiger partial charge in [-0.05, 0) is 12.0 Å². The molecular weight excluding hydrogens is 436 g/mol. The van der Waals surface area contributed by atoms with Gasteiger partial charge < -0.3 is 19.4 Å². The third-order valence-electron chi connectivity index (χ3n) is 6.59. The molecule has 4 rings (SSSR count). The first-order valence-corrected chi connectivity index (χ1v) is 12.1. The number of nitrogens with zero attached hydrogens (tertiary/aromatic N) is 5. The minimum Gasteiger partial charge on any atom is -0.460 e. The van der Waals surface area contributed by atoms with E-state index < -0.39 is 18.2 Å². The smallest absolute Gasteiger partial charge is 0.325 e. The predicted octanol–water partition coefficient (Wildman–Crippen LogP) is 1.09. The number of carbonyl (C=O) groups is 3. The average molecular weight is 471 g/mol. The van der Waals surface area contributed by atoms with E-state index in [9.17, 15) is 14.4 Å². The van der Waals surface area contributed by atoms with Crippen LogP contribution in [-0.2, 0) is 20.9 Å². The topological polar surface area (TPSA) is 97.8 Å². The van der Waals surface area contributed by atoms with Gasteiger partial charge in [0.15, 0.2) is 18.2 Å². The first-order chi connectivity index (χ1) is 16.5. The van der Waals surface area contributed by atoms with E-state index in [0.717, 1.165) is 37.3 Å². The van der Waals surface area contributed by atoms with Crippen molar-refractivity contribution in [2.45, 2.75) is 45.0 Å². The Bertz CT molecular complexity index is 915. The number of fused-ring (bicyclic) bond motifs is 1. The molecule has 2 atom stereocenters. The zero-order valence-corrected chi connectivity index (χ0v) is 20.0. The standard InChI is InChI=1S/C24H34N6O4/c1-3-4-8-11-30-20-21(27(2)24(33)26-22(20)32)25-23(30)29-14-12-28(13-15-29)16-19(31)34-17-18-9-6-5-7-10-18/h5-7,9-10,20-21H,3-4,8,11-17H2,1-2H3,(H,26,32,33). The van der Waals surface area contributed by atoms with Crippen molar-refractivity contribution in [3.63, 3.8) is 0 Å². The second-order valence-corrected chi connectivity index (χ2v) is 9.00. The predicted molar refractivity (Wildman–Crippen MR) is 127 cm³/mol. The molecule has 0 radical (unpaired) electrons. The molecule has 2 saturated heterocycles. The summed E-state index contributed by atoms with van der Waals surface area (Å²) in [7, 11) is 1.68. The fourth-order valence-electron chi connectivity index (χ4n) is 4.62. The maximum absolute atomic E-state index is 12.7. The van der Waals surface area contributed by atoms with Gasteiger partial charge in [-0.1, -0.05) is 50.1 Å². The van der Waals surface area contributed by atoms with Gasteiger partial charge >= 0.3 is 12.0 Å². The summed E-state index contributed by atoms with van der Waals surface area (Å²) < 4.78 is 5.42. The van der Waals surface area contributed by atoms with Gasteiger partial charge in [0.2, 0.25) is 0 Å². The number of benzene rings is 1. The van der Waals surface area contributed by atoms with E-state index in [2.05, 4.69) is 26.9 Å². The largest absolute Gasteiger partial charge is 0.460 e. The fraction of sp³-hybridized carbons (Fsp3) is 0.583. The van der Waals surface area contributed by atoms with Crippen molar-refractivity contribution in [2.75, 3.05) is 46.3 Å². The van der Waals surface area contributed by atoms with Crippen LogP contribution in [0.15, 0.2) is 35.3 Å². The molecule has 0 aromatic heterocycles. The molecule has 3 heterocycles. The van der Waals surface area contributed by atoms with Crippen molar-refractivity contribution in [2.24, 2.45) is 4.99 Å². The molecule has 3 aliphatic rings. The number of amides is 3.